The van der Waals surface area contributed by atoms with Gasteiger partial charge in [-0.2, -0.15) is 13.2 Å². The van der Waals surface area contributed by atoms with Gasteiger partial charge in [0, 0.05) is 11.8 Å². The van der Waals surface area contributed by atoms with E-state index in [1.54, 1.807) is 6.07 Å². The maximum absolute atomic E-state index is 13.8. The molecule has 1 amide bonds. The van der Waals surface area contributed by atoms with Gasteiger partial charge in [-0.1, -0.05) is 55.8 Å². The Balaban J connectivity index is 1.61. The summed E-state index contributed by atoms with van der Waals surface area (Å²) >= 11 is 5.99. The molecular formula is C28H23ClF3NO5. The Labute approximate surface area is 220 Å². The molecule has 1 heterocycles. The van der Waals surface area contributed by atoms with Crippen LogP contribution in [0.1, 0.15) is 30.7 Å². The van der Waals surface area contributed by atoms with Gasteiger partial charge >= 0.3 is 6.18 Å². The minimum absolute atomic E-state index is 0.0229. The molecule has 4 aromatic rings. The molecule has 0 saturated carbocycles. The average Bonchev–Trinajstić information content (AvgIpc) is 2.89. The first-order valence-corrected chi connectivity index (χ1v) is 12.1. The fourth-order valence-electron chi connectivity index (χ4n) is 3.89. The number of carbonyl (C=O) groups is 1. The van der Waals surface area contributed by atoms with E-state index in [4.69, 9.17) is 25.5 Å². The number of amides is 1. The third kappa shape index (κ3) is 5.78. The van der Waals surface area contributed by atoms with Crippen molar-refractivity contribution in [3.63, 3.8) is 0 Å². The summed E-state index contributed by atoms with van der Waals surface area (Å²) in [4.78, 5) is 25.6. The maximum atomic E-state index is 13.8. The minimum Gasteiger partial charge on any atom is -0.484 e. The van der Waals surface area contributed by atoms with Gasteiger partial charge in [0.2, 0.25) is 11.2 Å². The van der Waals surface area contributed by atoms with Crippen LogP contribution in [0, 0.1) is 0 Å². The number of carbonyl (C=O) groups excluding carboxylic acids is 1. The molecule has 0 aliphatic heterocycles. The van der Waals surface area contributed by atoms with Crippen LogP contribution >= 0.6 is 11.6 Å². The van der Waals surface area contributed by atoms with Crippen LogP contribution in [0.2, 0.25) is 5.02 Å². The van der Waals surface area contributed by atoms with E-state index in [-0.39, 0.29) is 27.5 Å². The molecular weight excluding hydrogens is 523 g/mol. The number of rotatable bonds is 8. The lowest BCUT2D eigenvalue weighted by Gasteiger charge is -2.15. The molecule has 4 rings (SSSR count). The highest BCUT2D eigenvalue weighted by atomic mass is 35.5. The first-order valence-electron chi connectivity index (χ1n) is 11.8. The van der Waals surface area contributed by atoms with Crippen LogP contribution < -0.4 is 20.2 Å². The number of hydrogen-bond acceptors (Lipinski definition) is 5. The number of aryl methyl sites for hydroxylation is 2. The second kappa shape index (κ2) is 11.2. The Morgan fingerprint density at radius 2 is 1.68 bits per heavy atom. The molecule has 38 heavy (non-hydrogen) atoms. The first kappa shape index (κ1) is 27.1. The summed E-state index contributed by atoms with van der Waals surface area (Å²) < 4.78 is 57.3. The molecule has 10 heteroatoms. The number of anilines is 1. The lowest BCUT2D eigenvalue weighted by Crippen LogP contribution is -2.22. The molecule has 0 radical (unpaired) electrons. The molecule has 198 valence electrons. The van der Waals surface area contributed by atoms with E-state index in [0.29, 0.717) is 0 Å². The third-order valence-corrected chi connectivity index (χ3v) is 6.07. The van der Waals surface area contributed by atoms with Crippen molar-refractivity contribution >= 4 is 34.2 Å². The zero-order chi connectivity index (χ0) is 27.4. The topological polar surface area (TPSA) is 77.8 Å². The molecule has 0 saturated heterocycles. The largest absolute Gasteiger partial charge is 0.484 e. The van der Waals surface area contributed by atoms with Gasteiger partial charge in [-0.05, 0) is 48.2 Å². The molecule has 0 unspecified atom stereocenters. The Kier molecular flexibility index (Phi) is 7.97. The molecule has 0 aliphatic rings. The van der Waals surface area contributed by atoms with Crippen molar-refractivity contribution in [3.05, 3.63) is 92.8 Å². The van der Waals surface area contributed by atoms with E-state index in [1.165, 1.54) is 30.3 Å². The van der Waals surface area contributed by atoms with Gasteiger partial charge in [-0.3, -0.25) is 9.59 Å². The normalized spacial score (nSPS) is 11.4. The van der Waals surface area contributed by atoms with Crippen molar-refractivity contribution in [3.8, 4) is 17.2 Å². The van der Waals surface area contributed by atoms with Crippen molar-refractivity contribution in [2.24, 2.45) is 0 Å². The van der Waals surface area contributed by atoms with E-state index in [2.05, 4.69) is 5.32 Å². The fraction of sp³-hybridized carbons (Fsp3) is 0.214. The monoisotopic (exact) mass is 545 g/mol. The summed E-state index contributed by atoms with van der Waals surface area (Å²) in [6.45, 7) is 3.55. The number of ether oxygens (including phenoxy) is 2. The number of fused-ring (bicyclic) bond motifs is 1. The summed E-state index contributed by atoms with van der Waals surface area (Å²) in [5.41, 5.74) is 1.25. The van der Waals surface area contributed by atoms with Crippen LogP contribution in [-0.2, 0) is 23.8 Å². The second-order valence-electron chi connectivity index (χ2n) is 8.27. The molecule has 0 bridgehead atoms. The fourth-order valence-corrected chi connectivity index (χ4v) is 4.06. The molecule has 0 aliphatic carbocycles. The number of benzene rings is 3. The van der Waals surface area contributed by atoms with Crippen LogP contribution in [0.15, 0.2) is 69.9 Å². The van der Waals surface area contributed by atoms with Gasteiger partial charge in [-0.15, -0.1) is 0 Å². The Morgan fingerprint density at radius 1 is 1.00 bits per heavy atom. The van der Waals surface area contributed by atoms with Crippen LogP contribution in [0.4, 0.5) is 18.9 Å². The van der Waals surface area contributed by atoms with Crippen molar-refractivity contribution in [1.82, 2.24) is 0 Å². The summed E-state index contributed by atoms with van der Waals surface area (Å²) in [6, 6.07) is 15.3. The Morgan fingerprint density at radius 3 is 2.32 bits per heavy atom. The second-order valence-corrected chi connectivity index (χ2v) is 8.68. The number of para-hydroxylation sites is 2. The summed E-state index contributed by atoms with van der Waals surface area (Å²) in [5, 5.41) is 2.71. The molecule has 1 N–H and O–H groups in total. The average molecular weight is 546 g/mol. The molecule has 0 spiro atoms. The maximum Gasteiger partial charge on any atom is 0.453 e. The zero-order valence-electron chi connectivity index (χ0n) is 20.4. The molecule has 1 aromatic heterocycles. The van der Waals surface area contributed by atoms with E-state index in [0.717, 1.165) is 35.7 Å². The van der Waals surface area contributed by atoms with Crippen LogP contribution in [0.5, 0.6) is 17.2 Å². The van der Waals surface area contributed by atoms with Gasteiger partial charge in [0.25, 0.3) is 11.7 Å². The van der Waals surface area contributed by atoms with Gasteiger partial charge in [0.15, 0.2) is 6.61 Å². The van der Waals surface area contributed by atoms with Gasteiger partial charge in [0.05, 0.1) is 10.4 Å². The summed E-state index contributed by atoms with van der Waals surface area (Å²) in [6.07, 6.45) is -3.60. The van der Waals surface area contributed by atoms with Crippen molar-refractivity contribution < 1.29 is 31.9 Å². The first-order chi connectivity index (χ1) is 18.1. The lowest BCUT2D eigenvalue weighted by molar-refractivity contribution is -0.154. The predicted octanol–water partition coefficient (Wildman–Crippen LogP) is 7.40. The molecule has 0 atom stereocenters. The SMILES string of the molecule is CCc1cccc(CC)c1NC(=O)COc1ccc2c(=O)c(Oc3ccccc3Cl)c(C(F)(F)F)oc2c1. The number of halogens is 4. The van der Waals surface area contributed by atoms with Crippen LogP contribution in [-0.4, -0.2) is 12.5 Å². The molecule has 0 fully saturated rings. The van der Waals surface area contributed by atoms with E-state index in [9.17, 15) is 22.8 Å². The minimum atomic E-state index is -5.04. The van der Waals surface area contributed by atoms with Crippen molar-refractivity contribution in [2.75, 3.05) is 11.9 Å². The highest BCUT2D eigenvalue weighted by Crippen LogP contribution is 2.39. The Hall–Kier alpha value is -3.98. The summed E-state index contributed by atoms with van der Waals surface area (Å²) in [7, 11) is 0. The standard InChI is InChI=1S/C28H23ClF3NO5/c1-3-16-8-7-9-17(4-2)24(16)33-23(34)15-36-18-12-13-19-22(14-18)38-27(28(30,31)32)26(25(19)35)37-21-11-6-5-10-20(21)29/h5-14H,3-4,15H2,1-2H3,(H,33,34). The van der Waals surface area contributed by atoms with Gasteiger partial charge in [-0.25, -0.2) is 0 Å². The highest BCUT2D eigenvalue weighted by Gasteiger charge is 2.40. The van der Waals surface area contributed by atoms with E-state index in [1.807, 2.05) is 32.0 Å². The number of hydrogen-bond donors (Lipinski definition) is 1. The summed E-state index contributed by atoms with van der Waals surface area (Å²) in [5.74, 6) is -3.18. The quantitative estimate of drug-likeness (QED) is 0.249. The van der Waals surface area contributed by atoms with Crippen molar-refractivity contribution in [2.45, 2.75) is 32.9 Å². The predicted molar refractivity (Wildman–Crippen MR) is 138 cm³/mol. The van der Waals surface area contributed by atoms with Gasteiger partial charge in [0.1, 0.15) is 17.1 Å². The van der Waals surface area contributed by atoms with Crippen LogP contribution in [0.25, 0.3) is 11.0 Å². The van der Waals surface area contributed by atoms with Crippen LogP contribution in [0.3, 0.4) is 0 Å². The zero-order valence-corrected chi connectivity index (χ0v) is 21.2. The number of alkyl halides is 3. The molecule has 3 aromatic carbocycles. The Bertz CT molecular complexity index is 1530. The van der Waals surface area contributed by atoms with E-state index < -0.39 is 35.6 Å². The lowest BCUT2D eigenvalue weighted by atomic mass is 10.0. The van der Waals surface area contributed by atoms with Gasteiger partial charge < -0.3 is 19.2 Å². The third-order valence-electron chi connectivity index (χ3n) is 5.76. The van der Waals surface area contributed by atoms with Crippen molar-refractivity contribution in [1.29, 1.82) is 0 Å². The number of nitrogens with one attached hydrogen (secondary N) is 1. The molecule has 6 nitrogen and oxygen atoms in total. The smallest absolute Gasteiger partial charge is 0.453 e. The highest BCUT2D eigenvalue weighted by molar-refractivity contribution is 6.32. The van der Waals surface area contributed by atoms with E-state index >= 15 is 0 Å².